The first-order valence-electron chi connectivity index (χ1n) is 6.42. The number of para-hydroxylation sites is 1. The van der Waals surface area contributed by atoms with Gasteiger partial charge in [0.25, 0.3) is 0 Å². The summed E-state index contributed by atoms with van der Waals surface area (Å²) < 4.78 is 31.4. The maximum Gasteiger partial charge on any atom is 0.232 e. The molecule has 0 atom stereocenters. The van der Waals surface area contributed by atoms with Crippen molar-refractivity contribution in [1.82, 2.24) is 0 Å². The van der Waals surface area contributed by atoms with Gasteiger partial charge in [-0.3, -0.25) is 4.72 Å². The molecule has 0 aliphatic carbocycles. The predicted octanol–water partition coefficient (Wildman–Crippen LogP) is 3.63. The monoisotopic (exact) mass is 291 g/mol. The molecule has 0 aliphatic heterocycles. The Labute approximate surface area is 119 Å². The summed E-state index contributed by atoms with van der Waals surface area (Å²) in [5.41, 5.74) is 0.541. The van der Waals surface area contributed by atoms with Gasteiger partial charge in [-0.1, -0.05) is 25.1 Å². The number of sulfonamides is 1. The van der Waals surface area contributed by atoms with Crippen molar-refractivity contribution < 1.29 is 13.2 Å². The Morgan fingerprint density at radius 1 is 0.950 bits per heavy atom. The topological polar surface area (TPSA) is 55.4 Å². The molecule has 0 aromatic heterocycles. The summed E-state index contributed by atoms with van der Waals surface area (Å²) in [6.07, 6.45) is 0.588. The number of hydrogen-bond acceptors (Lipinski definition) is 3. The van der Waals surface area contributed by atoms with E-state index in [1.54, 1.807) is 24.3 Å². The van der Waals surface area contributed by atoms with Crippen LogP contribution < -0.4 is 9.46 Å². The first-order valence-corrected chi connectivity index (χ1v) is 8.08. The van der Waals surface area contributed by atoms with Crippen LogP contribution in [0.5, 0.6) is 11.5 Å². The van der Waals surface area contributed by atoms with E-state index in [9.17, 15) is 8.42 Å². The van der Waals surface area contributed by atoms with Gasteiger partial charge in [-0.15, -0.1) is 0 Å². The van der Waals surface area contributed by atoms with Crippen LogP contribution in [0.25, 0.3) is 0 Å². The molecule has 5 heteroatoms. The molecule has 20 heavy (non-hydrogen) atoms. The van der Waals surface area contributed by atoms with Crippen molar-refractivity contribution in [3.05, 3.63) is 54.6 Å². The zero-order valence-corrected chi connectivity index (χ0v) is 12.1. The van der Waals surface area contributed by atoms with Gasteiger partial charge in [-0.25, -0.2) is 8.42 Å². The SMILES string of the molecule is CCCS(=O)(=O)Nc1ccc(Oc2ccccc2)cc1. The minimum Gasteiger partial charge on any atom is -0.457 e. The maximum absolute atomic E-state index is 11.6. The third-order valence-electron chi connectivity index (χ3n) is 2.58. The first kappa shape index (κ1) is 14.4. The van der Waals surface area contributed by atoms with Gasteiger partial charge in [0.05, 0.1) is 5.75 Å². The van der Waals surface area contributed by atoms with E-state index < -0.39 is 10.0 Å². The Kier molecular flexibility index (Phi) is 4.63. The lowest BCUT2D eigenvalue weighted by atomic mass is 10.3. The summed E-state index contributed by atoms with van der Waals surface area (Å²) in [7, 11) is -3.25. The van der Waals surface area contributed by atoms with Crippen LogP contribution in [0, 0.1) is 0 Å². The van der Waals surface area contributed by atoms with Gasteiger partial charge in [0.2, 0.25) is 10.0 Å². The summed E-state index contributed by atoms with van der Waals surface area (Å²) in [4.78, 5) is 0. The minimum atomic E-state index is -3.25. The van der Waals surface area contributed by atoms with E-state index in [1.165, 1.54) is 0 Å². The highest BCUT2D eigenvalue weighted by Crippen LogP contribution is 2.23. The summed E-state index contributed by atoms with van der Waals surface area (Å²) in [5, 5.41) is 0. The van der Waals surface area contributed by atoms with Gasteiger partial charge in [0.15, 0.2) is 0 Å². The molecule has 0 aliphatic rings. The molecule has 2 aromatic carbocycles. The lowest BCUT2D eigenvalue weighted by molar-refractivity contribution is 0.483. The van der Waals surface area contributed by atoms with Gasteiger partial charge in [0.1, 0.15) is 11.5 Å². The van der Waals surface area contributed by atoms with Crippen LogP contribution in [-0.2, 0) is 10.0 Å². The summed E-state index contributed by atoms with van der Waals surface area (Å²) >= 11 is 0. The number of rotatable bonds is 6. The fourth-order valence-corrected chi connectivity index (χ4v) is 2.85. The molecular weight excluding hydrogens is 274 g/mol. The van der Waals surface area contributed by atoms with Crippen LogP contribution in [0.15, 0.2) is 54.6 Å². The van der Waals surface area contributed by atoms with E-state index >= 15 is 0 Å². The van der Waals surface area contributed by atoms with Crippen LogP contribution in [0.4, 0.5) is 5.69 Å². The van der Waals surface area contributed by atoms with Crippen LogP contribution in [0.3, 0.4) is 0 Å². The molecule has 1 N–H and O–H groups in total. The van der Waals surface area contributed by atoms with E-state index in [-0.39, 0.29) is 5.75 Å². The van der Waals surface area contributed by atoms with E-state index in [2.05, 4.69) is 4.72 Å². The van der Waals surface area contributed by atoms with Crippen LogP contribution >= 0.6 is 0 Å². The number of nitrogens with one attached hydrogen (secondary N) is 1. The fourth-order valence-electron chi connectivity index (χ4n) is 1.71. The molecule has 4 nitrogen and oxygen atoms in total. The number of anilines is 1. The minimum absolute atomic E-state index is 0.120. The molecule has 0 heterocycles. The van der Waals surface area contributed by atoms with Crippen molar-refractivity contribution in [2.45, 2.75) is 13.3 Å². The van der Waals surface area contributed by atoms with Crippen molar-refractivity contribution in [2.24, 2.45) is 0 Å². The third kappa shape index (κ3) is 4.28. The van der Waals surface area contributed by atoms with Crippen LogP contribution in [0.1, 0.15) is 13.3 Å². The second kappa shape index (κ2) is 6.43. The highest BCUT2D eigenvalue weighted by molar-refractivity contribution is 7.92. The van der Waals surface area contributed by atoms with E-state index in [0.29, 0.717) is 17.9 Å². The van der Waals surface area contributed by atoms with E-state index in [4.69, 9.17) is 4.74 Å². The normalized spacial score (nSPS) is 11.1. The Balaban J connectivity index is 2.03. The number of ether oxygens (including phenoxy) is 1. The molecule has 0 saturated heterocycles. The molecule has 0 fully saturated rings. The molecule has 0 spiro atoms. The summed E-state index contributed by atoms with van der Waals surface area (Å²) in [6.45, 7) is 1.83. The molecule has 0 radical (unpaired) electrons. The fraction of sp³-hybridized carbons (Fsp3) is 0.200. The Hall–Kier alpha value is -2.01. The van der Waals surface area contributed by atoms with Gasteiger partial charge >= 0.3 is 0 Å². The smallest absolute Gasteiger partial charge is 0.232 e. The van der Waals surface area contributed by atoms with Crippen molar-refractivity contribution in [1.29, 1.82) is 0 Å². The van der Waals surface area contributed by atoms with Gasteiger partial charge < -0.3 is 4.74 Å². The molecule has 2 aromatic rings. The molecule has 106 valence electrons. The number of hydrogen-bond donors (Lipinski definition) is 1. The maximum atomic E-state index is 11.6. The zero-order valence-electron chi connectivity index (χ0n) is 11.2. The average Bonchev–Trinajstić information content (AvgIpc) is 2.42. The standard InChI is InChI=1S/C15H17NO3S/c1-2-12-20(17,18)16-13-8-10-15(11-9-13)19-14-6-4-3-5-7-14/h3-11,16H,2,12H2,1H3. The second-order valence-electron chi connectivity index (χ2n) is 4.36. The predicted molar refractivity (Wildman–Crippen MR) is 80.7 cm³/mol. The molecule has 0 saturated carbocycles. The first-order chi connectivity index (χ1) is 9.59. The molecule has 2 rings (SSSR count). The Morgan fingerprint density at radius 2 is 1.55 bits per heavy atom. The quantitative estimate of drug-likeness (QED) is 0.884. The van der Waals surface area contributed by atoms with E-state index in [1.807, 2.05) is 37.3 Å². The van der Waals surface area contributed by atoms with Crippen molar-refractivity contribution in [3.63, 3.8) is 0 Å². The van der Waals surface area contributed by atoms with Crippen molar-refractivity contribution >= 4 is 15.7 Å². The van der Waals surface area contributed by atoms with Gasteiger partial charge in [-0.05, 0) is 42.8 Å². The van der Waals surface area contributed by atoms with Crippen LogP contribution in [0.2, 0.25) is 0 Å². The third-order valence-corrected chi connectivity index (χ3v) is 4.07. The van der Waals surface area contributed by atoms with Gasteiger partial charge in [0, 0.05) is 5.69 Å². The zero-order chi connectivity index (χ0) is 14.4. The average molecular weight is 291 g/mol. The largest absolute Gasteiger partial charge is 0.457 e. The molecule has 0 bridgehead atoms. The van der Waals surface area contributed by atoms with Crippen LogP contribution in [-0.4, -0.2) is 14.2 Å². The molecule has 0 amide bonds. The van der Waals surface area contributed by atoms with E-state index in [0.717, 1.165) is 5.75 Å². The van der Waals surface area contributed by atoms with Crippen molar-refractivity contribution in [2.75, 3.05) is 10.5 Å². The lowest BCUT2D eigenvalue weighted by Crippen LogP contribution is -2.15. The molecular formula is C15H17NO3S. The second-order valence-corrected chi connectivity index (χ2v) is 6.20. The lowest BCUT2D eigenvalue weighted by Gasteiger charge is -2.09. The summed E-state index contributed by atoms with van der Waals surface area (Å²) in [6, 6.07) is 16.3. The Morgan fingerprint density at radius 3 is 2.15 bits per heavy atom. The Bertz CT molecular complexity index is 637. The highest BCUT2D eigenvalue weighted by Gasteiger charge is 2.08. The van der Waals surface area contributed by atoms with Gasteiger partial charge in [-0.2, -0.15) is 0 Å². The summed E-state index contributed by atoms with van der Waals surface area (Å²) in [5.74, 6) is 1.52. The molecule has 0 unspecified atom stereocenters. The highest BCUT2D eigenvalue weighted by atomic mass is 32.2. The van der Waals surface area contributed by atoms with Crippen molar-refractivity contribution in [3.8, 4) is 11.5 Å². The number of benzene rings is 2.